The van der Waals surface area contributed by atoms with Gasteiger partial charge in [-0.3, -0.25) is 4.90 Å². The van der Waals surface area contributed by atoms with E-state index in [1.54, 1.807) is 0 Å². The van der Waals surface area contributed by atoms with Crippen molar-refractivity contribution in [2.75, 3.05) is 26.2 Å². The molecular weight excluding hydrogens is 232 g/mol. The van der Waals surface area contributed by atoms with Crippen LogP contribution in [0.3, 0.4) is 0 Å². The lowest BCUT2D eigenvalue weighted by atomic mass is 9.68. The second-order valence-corrected chi connectivity index (χ2v) is 6.53. The first-order valence-electron chi connectivity index (χ1n) is 7.22. The summed E-state index contributed by atoms with van der Waals surface area (Å²) in [6, 6.07) is 0.857. The summed E-state index contributed by atoms with van der Waals surface area (Å²) in [6.07, 6.45) is 8.80. The molecule has 1 aliphatic carbocycles. The van der Waals surface area contributed by atoms with Gasteiger partial charge in [0.25, 0.3) is 0 Å². The summed E-state index contributed by atoms with van der Waals surface area (Å²) in [7, 11) is 0. The molecule has 2 aliphatic heterocycles. The number of rotatable bonds is 2. The Labute approximate surface area is 112 Å². The predicted molar refractivity (Wildman–Crippen MR) is 74.8 cm³/mol. The standard InChI is InChI=1S/C14H26N2.ClH/c1-12-9-14(5-2-6-14)11-16(12)10-13-3-7-15-8-4-13;/h12-13,15H,2-11H2,1H3;1H. The second-order valence-electron chi connectivity index (χ2n) is 6.53. The summed E-state index contributed by atoms with van der Waals surface area (Å²) in [5.74, 6) is 0.971. The molecule has 2 heterocycles. The number of hydrogen-bond acceptors (Lipinski definition) is 2. The number of hydrogen-bond donors (Lipinski definition) is 1. The van der Waals surface area contributed by atoms with Gasteiger partial charge in [0.1, 0.15) is 0 Å². The molecule has 0 aromatic rings. The number of piperidine rings is 1. The van der Waals surface area contributed by atoms with Gasteiger partial charge in [-0.2, -0.15) is 0 Å². The second kappa shape index (κ2) is 5.46. The molecule has 1 saturated carbocycles. The van der Waals surface area contributed by atoms with E-state index >= 15 is 0 Å². The zero-order chi connectivity index (χ0) is 11.0. The Kier molecular flexibility index (Phi) is 4.38. The molecule has 1 spiro atoms. The average molecular weight is 259 g/mol. The molecule has 0 aromatic carbocycles. The lowest BCUT2D eigenvalue weighted by Gasteiger charge is -2.38. The highest BCUT2D eigenvalue weighted by atomic mass is 35.5. The molecule has 2 saturated heterocycles. The van der Waals surface area contributed by atoms with Crippen LogP contribution in [0.5, 0.6) is 0 Å². The van der Waals surface area contributed by atoms with Crippen LogP contribution in [-0.2, 0) is 0 Å². The molecule has 0 aromatic heterocycles. The maximum Gasteiger partial charge on any atom is 0.00730 e. The number of halogens is 1. The maximum absolute atomic E-state index is 3.47. The quantitative estimate of drug-likeness (QED) is 0.819. The molecule has 1 N–H and O–H groups in total. The van der Waals surface area contributed by atoms with Crippen LogP contribution in [0.2, 0.25) is 0 Å². The Bertz CT molecular complexity index is 247. The van der Waals surface area contributed by atoms with Gasteiger partial charge in [0.05, 0.1) is 0 Å². The molecule has 3 rings (SSSR count). The molecule has 100 valence electrons. The highest BCUT2D eigenvalue weighted by Crippen LogP contribution is 2.50. The van der Waals surface area contributed by atoms with Gasteiger partial charge in [-0.1, -0.05) is 6.42 Å². The Hall–Kier alpha value is 0.210. The van der Waals surface area contributed by atoms with Crippen LogP contribution in [0, 0.1) is 11.3 Å². The fraction of sp³-hybridized carbons (Fsp3) is 1.00. The van der Waals surface area contributed by atoms with E-state index in [1.807, 2.05) is 0 Å². The summed E-state index contributed by atoms with van der Waals surface area (Å²) >= 11 is 0. The number of nitrogens with zero attached hydrogens (tertiary/aromatic N) is 1. The lowest BCUT2D eigenvalue weighted by Crippen LogP contribution is -2.39. The molecule has 1 atom stereocenters. The minimum absolute atomic E-state index is 0. The van der Waals surface area contributed by atoms with Crippen molar-refractivity contribution >= 4 is 12.4 Å². The Morgan fingerprint density at radius 2 is 1.94 bits per heavy atom. The van der Waals surface area contributed by atoms with Gasteiger partial charge in [0.15, 0.2) is 0 Å². The summed E-state index contributed by atoms with van der Waals surface area (Å²) in [5, 5.41) is 3.47. The third kappa shape index (κ3) is 2.80. The minimum Gasteiger partial charge on any atom is -0.317 e. The SMILES string of the molecule is CC1CC2(CCC2)CN1CC1CCNCC1.Cl. The molecule has 0 radical (unpaired) electrons. The maximum atomic E-state index is 3.47. The van der Waals surface area contributed by atoms with Gasteiger partial charge in [-0.15, -0.1) is 12.4 Å². The molecular formula is C14H27ClN2. The van der Waals surface area contributed by atoms with Gasteiger partial charge < -0.3 is 5.32 Å². The van der Waals surface area contributed by atoms with Crippen LogP contribution in [0.15, 0.2) is 0 Å². The van der Waals surface area contributed by atoms with E-state index in [9.17, 15) is 0 Å². The Morgan fingerprint density at radius 3 is 2.47 bits per heavy atom. The van der Waals surface area contributed by atoms with Crippen LogP contribution in [-0.4, -0.2) is 37.1 Å². The minimum atomic E-state index is 0. The zero-order valence-electron chi connectivity index (χ0n) is 11.1. The monoisotopic (exact) mass is 258 g/mol. The summed E-state index contributed by atoms with van der Waals surface area (Å²) < 4.78 is 0. The van der Waals surface area contributed by atoms with Crippen LogP contribution in [0.1, 0.15) is 45.4 Å². The summed E-state index contributed by atoms with van der Waals surface area (Å²) in [6.45, 7) is 7.74. The van der Waals surface area contributed by atoms with Crippen LogP contribution in [0.25, 0.3) is 0 Å². The highest BCUT2D eigenvalue weighted by Gasteiger charge is 2.46. The first-order chi connectivity index (χ1) is 7.77. The van der Waals surface area contributed by atoms with Gasteiger partial charge >= 0.3 is 0 Å². The number of likely N-dealkylation sites (tertiary alicyclic amines) is 1. The van der Waals surface area contributed by atoms with Crippen molar-refractivity contribution in [3.8, 4) is 0 Å². The van der Waals surface area contributed by atoms with Crippen molar-refractivity contribution in [1.29, 1.82) is 0 Å². The van der Waals surface area contributed by atoms with Crippen molar-refractivity contribution < 1.29 is 0 Å². The van der Waals surface area contributed by atoms with Gasteiger partial charge in [0, 0.05) is 19.1 Å². The van der Waals surface area contributed by atoms with Gasteiger partial charge in [-0.05, 0) is 63.5 Å². The van der Waals surface area contributed by atoms with Crippen LogP contribution < -0.4 is 5.32 Å². The highest BCUT2D eigenvalue weighted by molar-refractivity contribution is 5.85. The van der Waals surface area contributed by atoms with Crippen molar-refractivity contribution in [3.63, 3.8) is 0 Å². The van der Waals surface area contributed by atoms with E-state index in [4.69, 9.17) is 0 Å². The van der Waals surface area contributed by atoms with Crippen LogP contribution >= 0.6 is 12.4 Å². The van der Waals surface area contributed by atoms with E-state index in [1.165, 1.54) is 64.7 Å². The van der Waals surface area contributed by atoms with Crippen molar-refractivity contribution in [2.45, 2.75) is 51.5 Å². The van der Waals surface area contributed by atoms with Crippen molar-refractivity contribution in [2.24, 2.45) is 11.3 Å². The number of nitrogens with one attached hydrogen (secondary N) is 1. The smallest absolute Gasteiger partial charge is 0.00730 e. The van der Waals surface area contributed by atoms with Crippen LogP contribution in [0.4, 0.5) is 0 Å². The molecule has 1 unspecified atom stereocenters. The third-order valence-electron chi connectivity index (χ3n) is 5.26. The molecule has 3 fully saturated rings. The first-order valence-corrected chi connectivity index (χ1v) is 7.22. The summed E-state index contributed by atoms with van der Waals surface area (Å²) in [4.78, 5) is 2.80. The third-order valence-corrected chi connectivity index (χ3v) is 5.26. The zero-order valence-corrected chi connectivity index (χ0v) is 11.9. The fourth-order valence-corrected chi connectivity index (χ4v) is 4.09. The average Bonchev–Trinajstić information content (AvgIpc) is 2.58. The first kappa shape index (κ1) is 13.6. The van der Waals surface area contributed by atoms with E-state index in [2.05, 4.69) is 17.1 Å². The normalized spacial score (nSPS) is 33.4. The Balaban J connectivity index is 0.00000108. The fourth-order valence-electron chi connectivity index (χ4n) is 4.09. The van der Waals surface area contributed by atoms with E-state index < -0.39 is 0 Å². The molecule has 3 aliphatic rings. The van der Waals surface area contributed by atoms with E-state index in [-0.39, 0.29) is 12.4 Å². The lowest BCUT2D eigenvalue weighted by molar-refractivity contribution is 0.128. The molecule has 2 nitrogen and oxygen atoms in total. The van der Waals surface area contributed by atoms with Crippen molar-refractivity contribution in [1.82, 2.24) is 10.2 Å². The van der Waals surface area contributed by atoms with Crippen molar-refractivity contribution in [3.05, 3.63) is 0 Å². The molecule has 0 bridgehead atoms. The van der Waals surface area contributed by atoms with E-state index in [0.717, 1.165) is 17.4 Å². The molecule has 3 heteroatoms. The Morgan fingerprint density at radius 1 is 1.24 bits per heavy atom. The summed E-state index contributed by atoms with van der Waals surface area (Å²) in [5.41, 5.74) is 0.770. The van der Waals surface area contributed by atoms with E-state index in [0.29, 0.717) is 0 Å². The largest absolute Gasteiger partial charge is 0.317 e. The van der Waals surface area contributed by atoms with Gasteiger partial charge in [-0.25, -0.2) is 0 Å². The topological polar surface area (TPSA) is 15.3 Å². The predicted octanol–water partition coefficient (Wildman–Crippen LogP) is 2.67. The molecule has 17 heavy (non-hydrogen) atoms. The molecule has 0 amide bonds. The van der Waals surface area contributed by atoms with Gasteiger partial charge in [0.2, 0.25) is 0 Å².